The fourth-order valence-corrected chi connectivity index (χ4v) is 2.66. The van der Waals surface area contributed by atoms with E-state index in [9.17, 15) is 9.59 Å². The Morgan fingerprint density at radius 2 is 2.13 bits per heavy atom. The van der Waals surface area contributed by atoms with Crippen LogP contribution < -0.4 is 5.56 Å². The molecule has 3 aromatic rings. The van der Waals surface area contributed by atoms with Crippen molar-refractivity contribution >= 4 is 16.9 Å². The molecule has 0 aliphatic heterocycles. The molecule has 0 fully saturated rings. The number of nitrogens with one attached hydrogen (secondary N) is 1. The van der Waals surface area contributed by atoms with Crippen LogP contribution in [0.3, 0.4) is 0 Å². The Hall–Kier alpha value is -2.90. The molecule has 120 valence electrons. The van der Waals surface area contributed by atoms with Gasteiger partial charge in [-0.1, -0.05) is 0 Å². The quantitative estimate of drug-likeness (QED) is 0.765. The van der Waals surface area contributed by atoms with E-state index in [1.54, 1.807) is 42.9 Å². The predicted octanol–water partition coefficient (Wildman–Crippen LogP) is 0.576. The number of carbonyl (C=O) groups excluding carboxylic acids is 1. The summed E-state index contributed by atoms with van der Waals surface area (Å²) in [5.74, 6) is -0.221. The van der Waals surface area contributed by atoms with Crippen molar-refractivity contribution in [2.45, 2.75) is 13.5 Å². The zero-order valence-electron chi connectivity index (χ0n) is 13.5. The molecule has 0 radical (unpaired) electrons. The molecule has 0 bridgehead atoms. The van der Waals surface area contributed by atoms with Crippen molar-refractivity contribution < 1.29 is 4.79 Å². The molecule has 3 heterocycles. The van der Waals surface area contributed by atoms with Gasteiger partial charge < -0.3 is 4.90 Å². The Morgan fingerprint density at radius 3 is 2.78 bits per heavy atom. The molecule has 0 aromatic carbocycles. The van der Waals surface area contributed by atoms with Gasteiger partial charge in [-0.25, -0.2) is 4.98 Å². The minimum absolute atomic E-state index is 0.221. The number of hydrogen-bond donors (Lipinski definition) is 1. The average molecular weight is 314 g/mol. The Morgan fingerprint density at radius 1 is 1.39 bits per heavy atom. The van der Waals surface area contributed by atoms with Gasteiger partial charge in [-0.3, -0.25) is 24.1 Å². The summed E-state index contributed by atoms with van der Waals surface area (Å²) in [6.07, 6.45) is 3.57. The third kappa shape index (κ3) is 2.63. The van der Waals surface area contributed by atoms with Crippen LogP contribution in [-0.4, -0.2) is 42.4 Å². The molecular formula is C15H18N6O2. The number of amides is 1. The summed E-state index contributed by atoms with van der Waals surface area (Å²) in [7, 11) is 5.22. The van der Waals surface area contributed by atoms with Crippen molar-refractivity contribution in [3.05, 3.63) is 45.6 Å². The van der Waals surface area contributed by atoms with Gasteiger partial charge in [0.1, 0.15) is 0 Å². The maximum absolute atomic E-state index is 12.8. The zero-order valence-corrected chi connectivity index (χ0v) is 13.5. The van der Waals surface area contributed by atoms with Gasteiger partial charge >= 0.3 is 0 Å². The number of fused-ring (bicyclic) bond motifs is 1. The number of carbonyl (C=O) groups is 1. The normalized spacial score (nSPS) is 11.1. The number of H-pyrrole nitrogens is 1. The number of aromatic amines is 1. The fraction of sp³-hybridized carbons (Fsp3) is 0.333. The zero-order chi connectivity index (χ0) is 16.7. The van der Waals surface area contributed by atoms with E-state index < -0.39 is 0 Å². The summed E-state index contributed by atoms with van der Waals surface area (Å²) in [5, 5.41) is 7.06. The number of pyridine rings is 1. The van der Waals surface area contributed by atoms with Gasteiger partial charge in [0.2, 0.25) is 0 Å². The maximum Gasteiger partial charge on any atom is 0.274 e. The van der Waals surface area contributed by atoms with Crippen molar-refractivity contribution in [1.29, 1.82) is 0 Å². The molecule has 0 saturated carbocycles. The Kier molecular flexibility index (Phi) is 3.51. The average Bonchev–Trinajstić information content (AvgIpc) is 3.01. The fourth-order valence-electron chi connectivity index (χ4n) is 2.66. The van der Waals surface area contributed by atoms with E-state index in [4.69, 9.17) is 0 Å². The number of nitrogens with zero attached hydrogens (tertiary/aromatic N) is 5. The van der Waals surface area contributed by atoms with E-state index in [2.05, 4.69) is 15.2 Å². The minimum Gasteiger partial charge on any atom is -0.337 e. The van der Waals surface area contributed by atoms with Crippen molar-refractivity contribution in [3.63, 3.8) is 0 Å². The lowest BCUT2D eigenvalue weighted by Gasteiger charge is -2.16. The molecule has 1 N–H and O–H groups in total. The topological polar surface area (TPSA) is 88.8 Å². The van der Waals surface area contributed by atoms with Crippen LogP contribution in [0.5, 0.6) is 0 Å². The first kappa shape index (κ1) is 15.0. The number of hydrogen-bond acceptors (Lipinski definition) is 4. The van der Waals surface area contributed by atoms with Gasteiger partial charge in [0.05, 0.1) is 17.1 Å². The lowest BCUT2D eigenvalue weighted by molar-refractivity contribution is 0.0787. The van der Waals surface area contributed by atoms with Crippen LogP contribution in [0.2, 0.25) is 0 Å². The molecule has 8 heteroatoms. The summed E-state index contributed by atoms with van der Waals surface area (Å²) < 4.78 is 3.22. The van der Waals surface area contributed by atoms with E-state index in [1.165, 1.54) is 4.68 Å². The third-order valence-corrected chi connectivity index (χ3v) is 3.70. The monoisotopic (exact) mass is 314 g/mol. The lowest BCUT2D eigenvalue weighted by Crippen LogP contribution is -2.27. The second-order valence-electron chi connectivity index (χ2n) is 5.69. The smallest absolute Gasteiger partial charge is 0.274 e. The van der Waals surface area contributed by atoms with E-state index in [1.807, 2.05) is 13.2 Å². The van der Waals surface area contributed by atoms with Crippen LogP contribution in [0.4, 0.5) is 0 Å². The molecule has 0 unspecified atom stereocenters. The molecule has 0 saturated heterocycles. The van der Waals surface area contributed by atoms with Crippen LogP contribution in [0.25, 0.3) is 11.0 Å². The standard InChI is InChI=1S/C15H18N6O2/c1-9-5-11(12-13(17-9)21(4)18-14(12)22)15(23)19(2)7-10-6-16-20(3)8-10/h5-6,8H,7H2,1-4H3,(H,18,22). The van der Waals surface area contributed by atoms with E-state index in [-0.39, 0.29) is 11.5 Å². The largest absolute Gasteiger partial charge is 0.337 e. The summed E-state index contributed by atoms with van der Waals surface area (Å²) in [4.78, 5) is 30.8. The first-order valence-corrected chi connectivity index (χ1v) is 7.16. The highest BCUT2D eigenvalue weighted by Gasteiger charge is 2.20. The molecule has 1 amide bonds. The molecule has 0 atom stereocenters. The second-order valence-corrected chi connectivity index (χ2v) is 5.69. The molecule has 0 spiro atoms. The van der Waals surface area contributed by atoms with E-state index in [0.717, 1.165) is 5.56 Å². The van der Waals surface area contributed by atoms with Crippen molar-refractivity contribution in [2.75, 3.05) is 7.05 Å². The molecule has 0 aliphatic carbocycles. The van der Waals surface area contributed by atoms with Crippen LogP contribution >= 0.6 is 0 Å². The first-order chi connectivity index (χ1) is 10.9. The molecule has 3 aromatic heterocycles. The number of rotatable bonds is 3. The van der Waals surface area contributed by atoms with Crippen molar-refractivity contribution in [1.82, 2.24) is 29.4 Å². The maximum atomic E-state index is 12.8. The van der Waals surface area contributed by atoms with E-state index >= 15 is 0 Å². The number of aryl methyl sites for hydroxylation is 3. The molecule has 0 aliphatic rings. The second kappa shape index (κ2) is 5.38. The van der Waals surface area contributed by atoms with Gasteiger partial charge in [0, 0.05) is 45.1 Å². The van der Waals surface area contributed by atoms with E-state index in [0.29, 0.717) is 28.8 Å². The molecule has 23 heavy (non-hydrogen) atoms. The highest BCUT2D eigenvalue weighted by Crippen LogP contribution is 2.17. The van der Waals surface area contributed by atoms with Crippen LogP contribution in [-0.2, 0) is 20.6 Å². The summed E-state index contributed by atoms with van der Waals surface area (Å²) in [5.41, 5.74) is 2.14. The van der Waals surface area contributed by atoms with Gasteiger partial charge in [0.15, 0.2) is 5.65 Å². The third-order valence-electron chi connectivity index (χ3n) is 3.70. The number of aromatic nitrogens is 5. The molecule has 8 nitrogen and oxygen atoms in total. The highest BCUT2D eigenvalue weighted by atomic mass is 16.2. The van der Waals surface area contributed by atoms with Crippen LogP contribution in [0, 0.1) is 6.92 Å². The Labute approximate surface area is 132 Å². The molecular weight excluding hydrogens is 296 g/mol. The van der Waals surface area contributed by atoms with Gasteiger partial charge in [0.25, 0.3) is 11.5 Å². The minimum atomic E-state index is -0.312. The summed E-state index contributed by atoms with van der Waals surface area (Å²) in [6, 6.07) is 1.65. The van der Waals surface area contributed by atoms with Gasteiger partial charge in [-0.15, -0.1) is 0 Å². The van der Waals surface area contributed by atoms with Crippen LogP contribution in [0.15, 0.2) is 23.3 Å². The SMILES string of the molecule is Cc1cc(C(=O)N(C)Cc2cnn(C)c2)c2c(=O)[nH]n(C)c2n1. The predicted molar refractivity (Wildman–Crippen MR) is 85.1 cm³/mol. The first-order valence-electron chi connectivity index (χ1n) is 7.16. The van der Waals surface area contributed by atoms with Gasteiger partial charge in [-0.2, -0.15) is 5.10 Å². The van der Waals surface area contributed by atoms with Crippen molar-refractivity contribution in [3.8, 4) is 0 Å². The molecule has 3 rings (SSSR count). The van der Waals surface area contributed by atoms with Gasteiger partial charge in [-0.05, 0) is 13.0 Å². The highest BCUT2D eigenvalue weighted by molar-refractivity contribution is 6.05. The Balaban J connectivity index is 2.02. The van der Waals surface area contributed by atoms with Crippen LogP contribution in [0.1, 0.15) is 21.6 Å². The summed E-state index contributed by atoms with van der Waals surface area (Å²) >= 11 is 0. The summed E-state index contributed by atoms with van der Waals surface area (Å²) in [6.45, 7) is 2.22. The lowest BCUT2D eigenvalue weighted by atomic mass is 10.1. The van der Waals surface area contributed by atoms with Crippen molar-refractivity contribution in [2.24, 2.45) is 14.1 Å². The Bertz CT molecular complexity index is 949.